The van der Waals surface area contributed by atoms with Gasteiger partial charge in [-0.3, -0.25) is 4.79 Å². The molecule has 130 valence electrons. The predicted molar refractivity (Wildman–Crippen MR) is 76.2 cm³/mol. The molecule has 23 heavy (non-hydrogen) atoms. The maximum Gasteiger partial charge on any atom is 0.471 e. The zero-order valence-corrected chi connectivity index (χ0v) is 13.0. The molecule has 3 nitrogen and oxygen atoms in total. The molecule has 9 heteroatoms. The molecule has 0 radical (unpaired) electrons. The largest absolute Gasteiger partial charge is 0.471 e. The molecule has 0 spiro atoms. The van der Waals surface area contributed by atoms with E-state index >= 15 is 0 Å². The third kappa shape index (κ3) is 4.32. The lowest BCUT2D eigenvalue weighted by Gasteiger charge is -2.36. The second-order valence-electron chi connectivity index (χ2n) is 5.24. The van der Waals surface area contributed by atoms with Crippen molar-refractivity contribution >= 4 is 18.3 Å². The number of alkyl halides is 3. The molecule has 0 aliphatic carbocycles. The van der Waals surface area contributed by atoms with E-state index in [1.165, 1.54) is 12.1 Å². The molecule has 1 aromatic carbocycles. The molecular formula is C14H16ClF5N2O. The van der Waals surface area contributed by atoms with Crippen molar-refractivity contribution in [3.63, 3.8) is 0 Å². The van der Waals surface area contributed by atoms with Gasteiger partial charge in [0.25, 0.3) is 0 Å². The number of benzene rings is 1. The number of nitrogens with one attached hydrogen (secondary N) is 1. The SMILES string of the molecule is CN(C(=O)C(F)(F)F)[C@@H]1CCN[C@H](c2cccc(F)c2F)C1.Cl. The molecule has 1 aromatic rings. The Bertz CT molecular complexity index is 567. The Balaban J connectivity index is 0.00000264. The van der Waals surface area contributed by atoms with E-state index in [9.17, 15) is 26.7 Å². The maximum atomic E-state index is 13.8. The fourth-order valence-corrected chi connectivity index (χ4v) is 2.64. The molecule has 0 saturated carbocycles. The Morgan fingerprint density at radius 3 is 2.57 bits per heavy atom. The van der Waals surface area contributed by atoms with Gasteiger partial charge in [-0.05, 0) is 25.5 Å². The summed E-state index contributed by atoms with van der Waals surface area (Å²) in [5, 5.41) is 2.94. The topological polar surface area (TPSA) is 32.3 Å². The summed E-state index contributed by atoms with van der Waals surface area (Å²) in [5.41, 5.74) is 0.0533. The number of amides is 1. The van der Waals surface area contributed by atoms with Crippen LogP contribution in [0.4, 0.5) is 22.0 Å². The molecule has 0 aromatic heterocycles. The first-order valence-corrected chi connectivity index (χ1v) is 6.73. The van der Waals surface area contributed by atoms with Gasteiger partial charge in [-0.25, -0.2) is 8.78 Å². The van der Waals surface area contributed by atoms with E-state index in [-0.39, 0.29) is 24.4 Å². The molecule has 0 unspecified atom stereocenters. The van der Waals surface area contributed by atoms with Crippen molar-refractivity contribution in [3.8, 4) is 0 Å². The van der Waals surface area contributed by atoms with Crippen LogP contribution >= 0.6 is 12.4 Å². The quantitative estimate of drug-likeness (QED) is 0.823. The summed E-state index contributed by atoms with van der Waals surface area (Å²) in [5.74, 6) is -3.97. The molecule has 1 saturated heterocycles. The van der Waals surface area contributed by atoms with Crippen LogP contribution < -0.4 is 5.32 Å². The lowest BCUT2D eigenvalue weighted by atomic mass is 9.92. The van der Waals surface area contributed by atoms with Crippen LogP contribution in [0.15, 0.2) is 18.2 Å². The number of hydrogen-bond acceptors (Lipinski definition) is 2. The van der Waals surface area contributed by atoms with Gasteiger partial charge in [-0.1, -0.05) is 12.1 Å². The number of piperidine rings is 1. The highest BCUT2D eigenvalue weighted by Gasteiger charge is 2.44. The Labute approximate surface area is 136 Å². The number of nitrogens with zero attached hydrogens (tertiary/aromatic N) is 1. The van der Waals surface area contributed by atoms with Gasteiger partial charge in [-0.15, -0.1) is 12.4 Å². The van der Waals surface area contributed by atoms with Gasteiger partial charge in [0.05, 0.1) is 0 Å². The second-order valence-corrected chi connectivity index (χ2v) is 5.24. The zero-order chi connectivity index (χ0) is 16.5. The molecular weight excluding hydrogens is 343 g/mol. The van der Waals surface area contributed by atoms with Crippen LogP contribution in [0.3, 0.4) is 0 Å². The Kier molecular flexibility index (Phi) is 6.35. The van der Waals surface area contributed by atoms with E-state index in [2.05, 4.69) is 5.32 Å². The predicted octanol–water partition coefficient (Wildman–Crippen LogP) is 3.20. The van der Waals surface area contributed by atoms with Gasteiger partial charge >= 0.3 is 12.1 Å². The van der Waals surface area contributed by atoms with Crippen molar-refractivity contribution in [2.24, 2.45) is 0 Å². The van der Waals surface area contributed by atoms with Crippen LogP contribution in [0, 0.1) is 11.6 Å². The molecule has 2 rings (SSSR count). The monoisotopic (exact) mass is 358 g/mol. The standard InChI is InChI=1S/C14H15F5N2O.ClH/c1-21(13(22)14(17,18)19)8-5-6-20-11(7-8)9-3-2-4-10(15)12(9)16;/h2-4,8,11,20H,5-7H2,1H3;1H/t8-,11+;/m1./s1. The average molecular weight is 359 g/mol. The number of hydrogen-bond donors (Lipinski definition) is 1. The van der Waals surface area contributed by atoms with Crippen LogP contribution in [0.5, 0.6) is 0 Å². The normalized spacial score (nSPS) is 21.5. The summed E-state index contributed by atoms with van der Waals surface area (Å²) in [6, 6.07) is 2.35. The maximum absolute atomic E-state index is 13.8. The van der Waals surface area contributed by atoms with Crippen LogP contribution in [0.2, 0.25) is 0 Å². The summed E-state index contributed by atoms with van der Waals surface area (Å²) >= 11 is 0. The lowest BCUT2D eigenvalue weighted by Crippen LogP contribution is -2.49. The van der Waals surface area contributed by atoms with Crippen molar-refractivity contribution in [1.29, 1.82) is 0 Å². The van der Waals surface area contributed by atoms with Crippen molar-refractivity contribution in [3.05, 3.63) is 35.4 Å². The summed E-state index contributed by atoms with van der Waals surface area (Å²) in [7, 11) is 1.07. The van der Waals surface area contributed by atoms with Gasteiger partial charge in [0.2, 0.25) is 0 Å². The van der Waals surface area contributed by atoms with Crippen LogP contribution in [-0.2, 0) is 4.79 Å². The van der Waals surface area contributed by atoms with Gasteiger partial charge in [0, 0.05) is 24.7 Å². The van der Waals surface area contributed by atoms with Gasteiger partial charge < -0.3 is 10.2 Å². The van der Waals surface area contributed by atoms with E-state index in [4.69, 9.17) is 0 Å². The third-order valence-corrected chi connectivity index (χ3v) is 3.84. The Morgan fingerprint density at radius 1 is 1.30 bits per heavy atom. The first kappa shape index (κ1) is 19.6. The molecule has 1 amide bonds. The van der Waals surface area contributed by atoms with Crippen LogP contribution in [-0.4, -0.2) is 36.6 Å². The number of halogens is 6. The number of rotatable bonds is 2. The molecule has 1 aliphatic heterocycles. The number of carbonyl (C=O) groups excluding carboxylic acids is 1. The molecule has 0 bridgehead atoms. The highest BCUT2D eigenvalue weighted by molar-refractivity contribution is 5.85. The summed E-state index contributed by atoms with van der Waals surface area (Å²) in [4.78, 5) is 11.9. The third-order valence-electron chi connectivity index (χ3n) is 3.84. The molecule has 1 N–H and O–H groups in total. The Hall–Kier alpha value is -1.41. The van der Waals surface area contributed by atoms with E-state index in [0.29, 0.717) is 17.9 Å². The fraction of sp³-hybridized carbons (Fsp3) is 0.500. The average Bonchev–Trinajstić information content (AvgIpc) is 2.47. The van der Waals surface area contributed by atoms with E-state index in [1.54, 1.807) is 0 Å². The highest BCUT2D eigenvalue weighted by atomic mass is 35.5. The van der Waals surface area contributed by atoms with Crippen LogP contribution in [0.1, 0.15) is 24.4 Å². The second kappa shape index (κ2) is 7.44. The van der Waals surface area contributed by atoms with Crippen LogP contribution in [0.25, 0.3) is 0 Å². The number of carbonyl (C=O) groups is 1. The molecule has 1 aliphatic rings. The summed E-state index contributed by atoms with van der Waals surface area (Å²) < 4.78 is 64.5. The summed E-state index contributed by atoms with van der Waals surface area (Å²) in [6.07, 6.45) is -4.55. The first-order valence-electron chi connectivity index (χ1n) is 6.73. The fourth-order valence-electron chi connectivity index (χ4n) is 2.64. The smallest absolute Gasteiger partial charge is 0.335 e. The minimum absolute atomic E-state index is 0. The minimum atomic E-state index is -4.95. The van der Waals surface area contributed by atoms with E-state index in [0.717, 1.165) is 13.1 Å². The first-order chi connectivity index (χ1) is 10.2. The van der Waals surface area contributed by atoms with E-state index in [1.807, 2.05) is 0 Å². The van der Waals surface area contributed by atoms with Crippen molar-refractivity contribution < 1.29 is 26.7 Å². The molecule has 1 heterocycles. The van der Waals surface area contributed by atoms with Crippen molar-refractivity contribution in [2.75, 3.05) is 13.6 Å². The van der Waals surface area contributed by atoms with Gasteiger partial charge in [0.15, 0.2) is 11.6 Å². The summed E-state index contributed by atoms with van der Waals surface area (Å²) in [6.45, 7) is 0.306. The molecule has 1 fully saturated rings. The van der Waals surface area contributed by atoms with Crippen molar-refractivity contribution in [2.45, 2.75) is 31.1 Å². The zero-order valence-electron chi connectivity index (χ0n) is 12.2. The van der Waals surface area contributed by atoms with E-state index < -0.39 is 35.8 Å². The Morgan fingerprint density at radius 2 is 1.96 bits per heavy atom. The highest BCUT2D eigenvalue weighted by Crippen LogP contribution is 2.30. The van der Waals surface area contributed by atoms with Gasteiger partial charge in [0.1, 0.15) is 0 Å². The lowest BCUT2D eigenvalue weighted by molar-refractivity contribution is -0.186. The minimum Gasteiger partial charge on any atom is -0.335 e. The van der Waals surface area contributed by atoms with Gasteiger partial charge in [-0.2, -0.15) is 13.2 Å². The van der Waals surface area contributed by atoms with Crippen molar-refractivity contribution in [1.82, 2.24) is 10.2 Å². The molecule has 2 atom stereocenters.